The first kappa shape index (κ1) is 12.9. The number of likely N-dealkylation sites (N-methyl/N-ethyl adjacent to an activating group) is 2. The van der Waals surface area contributed by atoms with E-state index < -0.39 is 0 Å². The van der Waals surface area contributed by atoms with Crippen molar-refractivity contribution in [1.82, 2.24) is 10.2 Å². The van der Waals surface area contributed by atoms with E-state index in [0.717, 1.165) is 26.3 Å². The van der Waals surface area contributed by atoms with Gasteiger partial charge in [0.1, 0.15) is 0 Å². The minimum atomic E-state index is 0.404. The predicted octanol–water partition coefficient (Wildman–Crippen LogP) is 0.332. The second-order valence-corrected chi connectivity index (χ2v) is 4.30. The minimum Gasteiger partial charge on any atom is -0.383 e. The second-order valence-electron chi connectivity index (χ2n) is 4.30. The summed E-state index contributed by atoms with van der Waals surface area (Å²) < 4.78 is 10.8. The molecule has 1 N–H and O–H groups in total. The van der Waals surface area contributed by atoms with Crippen LogP contribution in [0.4, 0.5) is 0 Å². The summed E-state index contributed by atoms with van der Waals surface area (Å²) >= 11 is 0. The summed E-state index contributed by atoms with van der Waals surface area (Å²) in [5, 5.41) is 3.25. The molecule has 0 aromatic rings. The van der Waals surface area contributed by atoms with Crippen LogP contribution in [0, 0.1) is 0 Å². The van der Waals surface area contributed by atoms with E-state index in [2.05, 4.69) is 17.3 Å². The zero-order valence-corrected chi connectivity index (χ0v) is 10.2. The molecule has 15 heavy (non-hydrogen) atoms. The van der Waals surface area contributed by atoms with Crippen molar-refractivity contribution in [3.8, 4) is 0 Å². The molecule has 0 aromatic carbocycles. The predicted molar refractivity (Wildman–Crippen MR) is 61.2 cm³/mol. The standard InChI is InChI=1S/C11H24N2O2/c1-12-10(9-14-3)7-13(2)8-11-5-4-6-15-11/h10-12H,4-9H2,1-3H3. The van der Waals surface area contributed by atoms with Gasteiger partial charge >= 0.3 is 0 Å². The highest BCUT2D eigenvalue weighted by Crippen LogP contribution is 2.12. The van der Waals surface area contributed by atoms with E-state index >= 15 is 0 Å². The Hall–Kier alpha value is -0.160. The lowest BCUT2D eigenvalue weighted by molar-refractivity contribution is 0.0729. The summed E-state index contributed by atoms with van der Waals surface area (Å²) in [6.45, 7) is 3.73. The Bertz CT molecular complexity index is 161. The van der Waals surface area contributed by atoms with Gasteiger partial charge in [-0.25, -0.2) is 0 Å². The van der Waals surface area contributed by atoms with E-state index in [1.54, 1.807) is 7.11 Å². The van der Waals surface area contributed by atoms with Crippen LogP contribution in [0.1, 0.15) is 12.8 Å². The van der Waals surface area contributed by atoms with Gasteiger partial charge in [-0.15, -0.1) is 0 Å². The highest BCUT2D eigenvalue weighted by molar-refractivity contribution is 4.73. The van der Waals surface area contributed by atoms with Crippen LogP contribution in [0.5, 0.6) is 0 Å². The molecule has 2 unspecified atom stereocenters. The summed E-state index contributed by atoms with van der Waals surface area (Å²) in [4.78, 5) is 2.32. The molecule has 0 amide bonds. The van der Waals surface area contributed by atoms with Crippen molar-refractivity contribution in [3.05, 3.63) is 0 Å². The lowest BCUT2D eigenvalue weighted by Crippen LogP contribution is -2.42. The highest BCUT2D eigenvalue weighted by atomic mass is 16.5. The maximum Gasteiger partial charge on any atom is 0.0702 e. The minimum absolute atomic E-state index is 0.404. The second kappa shape index (κ2) is 7.17. The quantitative estimate of drug-likeness (QED) is 0.665. The Kier molecular flexibility index (Phi) is 6.17. The van der Waals surface area contributed by atoms with Crippen LogP contribution in [0.25, 0.3) is 0 Å². The molecule has 1 rings (SSSR count). The maximum atomic E-state index is 5.61. The Balaban J connectivity index is 2.17. The Labute approximate surface area is 92.9 Å². The molecule has 4 nitrogen and oxygen atoms in total. The average Bonchev–Trinajstić information content (AvgIpc) is 2.69. The first-order valence-corrected chi connectivity index (χ1v) is 5.72. The van der Waals surface area contributed by atoms with Gasteiger partial charge in [0.15, 0.2) is 0 Å². The van der Waals surface area contributed by atoms with Crippen molar-refractivity contribution in [2.75, 3.05) is 47.5 Å². The van der Waals surface area contributed by atoms with Crippen molar-refractivity contribution in [2.24, 2.45) is 0 Å². The molecule has 4 heteroatoms. The maximum absolute atomic E-state index is 5.61. The highest BCUT2D eigenvalue weighted by Gasteiger charge is 2.18. The molecule has 1 aliphatic heterocycles. The van der Waals surface area contributed by atoms with Gasteiger partial charge in [0, 0.05) is 32.8 Å². The summed E-state index contributed by atoms with van der Waals surface area (Å²) in [7, 11) is 5.86. The molecule has 0 aliphatic carbocycles. The summed E-state index contributed by atoms with van der Waals surface area (Å²) in [5.41, 5.74) is 0. The summed E-state index contributed by atoms with van der Waals surface area (Å²) in [6, 6.07) is 0.404. The molecule has 0 spiro atoms. The van der Waals surface area contributed by atoms with E-state index in [-0.39, 0.29) is 0 Å². The molecule has 2 atom stereocenters. The normalized spacial score (nSPS) is 23.6. The van der Waals surface area contributed by atoms with Crippen LogP contribution in [-0.4, -0.2) is 64.6 Å². The third-order valence-electron chi connectivity index (χ3n) is 2.85. The zero-order chi connectivity index (χ0) is 11.1. The van der Waals surface area contributed by atoms with E-state index in [4.69, 9.17) is 9.47 Å². The van der Waals surface area contributed by atoms with Gasteiger partial charge in [-0.2, -0.15) is 0 Å². The first-order chi connectivity index (χ1) is 7.26. The van der Waals surface area contributed by atoms with Gasteiger partial charge in [-0.3, -0.25) is 0 Å². The number of hydrogen-bond donors (Lipinski definition) is 1. The van der Waals surface area contributed by atoms with Crippen molar-refractivity contribution in [1.29, 1.82) is 0 Å². The monoisotopic (exact) mass is 216 g/mol. The third kappa shape index (κ3) is 4.93. The largest absolute Gasteiger partial charge is 0.383 e. The van der Waals surface area contributed by atoms with Crippen LogP contribution >= 0.6 is 0 Å². The Morgan fingerprint density at radius 3 is 2.93 bits per heavy atom. The molecule has 1 saturated heterocycles. The number of hydrogen-bond acceptors (Lipinski definition) is 4. The molecule has 0 radical (unpaired) electrons. The summed E-state index contributed by atoms with van der Waals surface area (Å²) in [6.07, 6.45) is 2.86. The van der Waals surface area contributed by atoms with Crippen molar-refractivity contribution in [2.45, 2.75) is 25.0 Å². The van der Waals surface area contributed by atoms with Crippen LogP contribution in [0.3, 0.4) is 0 Å². The zero-order valence-electron chi connectivity index (χ0n) is 10.2. The van der Waals surface area contributed by atoms with Crippen LogP contribution in [0.2, 0.25) is 0 Å². The molecule has 0 bridgehead atoms. The number of ether oxygens (including phenoxy) is 2. The van der Waals surface area contributed by atoms with Crippen LogP contribution in [0.15, 0.2) is 0 Å². The number of rotatable bonds is 7. The number of nitrogens with one attached hydrogen (secondary N) is 1. The van der Waals surface area contributed by atoms with Gasteiger partial charge in [0.2, 0.25) is 0 Å². The number of methoxy groups -OCH3 is 1. The molecule has 1 fully saturated rings. The molecule has 0 saturated carbocycles. The lowest BCUT2D eigenvalue weighted by Gasteiger charge is -2.25. The molecular formula is C11H24N2O2. The Morgan fingerprint density at radius 1 is 1.60 bits per heavy atom. The average molecular weight is 216 g/mol. The smallest absolute Gasteiger partial charge is 0.0702 e. The van der Waals surface area contributed by atoms with E-state index in [0.29, 0.717) is 12.1 Å². The van der Waals surface area contributed by atoms with Crippen molar-refractivity contribution in [3.63, 3.8) is 0 Å². The van der Waals surface area contributed by atoms with Crippen LogP contribution < -0.4 is 5.32 Å². The molecule has 0 aromatic heterocycles. The molecule has 1 aliphatic rings. The first-order valence-electron chi connectivity index (χ1n) is 5.72. The topological polar surface area (TPSA) is 33.7 Å². The van der Waals surface area contributed by atoms with Gasteiger partial charge < -0.3 is 19.7 Å². The van der Waals surface area contributed by atoms with Gasteiger partial charge in [0.05, 0.1) is 12.7 Å². The fourth-order valence-electron chi connectivity index (χ4n) is 2.02. The van der Waals surface area contributed by atoms with Crippen molar-refractivity contribution >= 4 is 0 Å². The lowest BCUT2D eigenvalue weighted by atomic mass is 10.2. The van der Waals surface area contributed by atoms with Gasteiger partial charge in [-0.1, -0.05) is 0 Å². The Morgan fingerprint density at radius 2 is 2.40 bits per heavy atom. The molecule has 90 valence electrons. The van der Waals surface area contributed by atoms with Crippen molar-refractivity contribution < 1.29 is 9.47 Å². The number of nitrogens with zero attached hydrogens (tertiary/aromatic N) is 1. The summed E-state index contributed by atoms with van der Waals surface area (Å²) in [5.74, 6) is 0. The van der Waals surface area contributed by atoms with E-state index in [9.17, 15) is 0 Å². The van der Waals surface area contributed by atoms with Crippen LogP contribution in [-0.2, 0) is 9.47 Å². The van der Waals surface area contributed by atoms with E-state index in [1.165, 1.54) is 12.8 Å². The fraction of sp³-hybridized carbons (Fsp3) is 1.00. The third-order valence-corrected chi connectivity index (χ3v) is 2.85. The van der Waals surface area contributed by atoms with E-state index in [1.807, 2.05) is 7.05 Å². The van der Waals surface area contributed by atoms with Gasteiger partial charge in [0.25, 0.3) is 0 Å². The fourth-order valence-corrected chi connectivity index (χ4v) is 2.02. The SMILES string of the molecule is CNC(COC)CN(C)CC1CCCO1. The molecule has 1 heterocycles. The van der Waals surface area contributed by atoms with Gasteiger partial charge in [-0.05, 0) is 26.9 Å². The molecular weight excluding hydrogens is 192 g/mol.